The van der Waals surface area contributed by atoms with E-state index in [-0.39, 0.29) is 16.8 Å². The highest BCUT2D eigenvalue weighted by atomic mass is 32.2. The van der Waals surface area contributed by atoms with E-state index in [9.17, 15) is 17.9 Å². The van der Waals surface area contributed by atoms with Gasteiger partial charge in [-0.05, 0) is 73.4 Å². The standard InChI is InChI=1S/C31H34FN5O3S/c32-24-11-7-22(8-12-24)15-17-36-21-33-19-29(36)27-5-2-1-4-26(27)28-6-3-16-37(28)41(39,40)25-13-14-31(34-18-25)35-20-30(38)23-9-10-23/h1-2,4-5,7-8,11-14,18-19,21,23,28,30,38H,3,6,9-10,15-17,20H2,(H,34,35). The number of hydrogen-bond acceptors (Lipinski definition) is 6. The van der Waals surface area contributed by atoms with Crippen LogP contribution in [-0.4, -0.2) is 51.6 Å². The number of rotatable bonds is 11. The molecule has 0 bridgehead atoms. The van der Waals surface area contributed by atoms with Gasteiger partial charge in [0.25, 0.3) is 0 Å². The van der Waals surface area contributed by atoms with Crippen molar-refractivity contribution in [1.29, 1.82) is 0 Å². The molecular weight excluding hydrogens is 541 g/mol. The summed E-state index contributed by atoms with van der Waals surface area (Å²) in [5.41, 5.74) is 3.83. The molecule has 2 N–H and O–H groups in total. The molecule has 0 spiro atoms. The molecular formula is C31H34FN5O3S. The first-order valence-corrected chi connectivity index (χ1v) is 15.6. The third kappa shape index (κ3) is 6.05. The fourth-order valence-corrected chi connectivity index (χ4v) is 7.23. The summed E-state index contributed by atoms with van der Waals surface area (Å²) in [5, 5.41) is 13.2. The van der Waals surface area contributed by atoms with Gasteiger partial charge in [0.2, 0.25) is 10.0 Å². The number of halogens is 1. The second-order valence-corrected chi connectivity index (χ2v) is 12.8. The maximum atomic E-state index is 13.8. The van der Waals surface area contributed by atoms with Gasteiger partial charge in [0.05, 0.1) is 30.4 Å². The Morgan fingerprint density at radius 1 is 1.02 bits per heavy atom. The van der Waals surface area contributed by atoms with Crippen molar-refractivity contribution in [3.05, 3.63) is 96.3 Å². The molecule has 10 heteroatoms. The quantitative estimate of drug-likeness (QED) is 0.260. The van der Waals surface area contributed by atoms with Crippen molar-refractivity contribution in [2.75, 3.05) is 18.4 Å². The van der Waals surface area contributed by atoms with Gasteiger partial charge in [0.1, 0.15) is 16.5 Å². The van der Waals surface area contributed by atoms with Gasteiger partial charge in [0.15, 0.2) is 0 Å². The lowest BCUT2D eigenvalue weighted by Crippen LogP contribution is -2.31. The molecule has 2 atom stereocenters. The van der Waals surface area contributed by atoms with Crippen LogP contribution in [0.25, 0.3) is 11.3 Å². The van der Waals surface area contributed by atoms with Gasteiger partial charge in [0, 0.05) is 31.4 Å². The van der Waals surface area contributed by atoms with Gasteiger partial charge in [-0.15, -0.1) is 0 Å². The van der Waals surface area contributed by atoms with E-state index < -0.39 is 16.1 Å². The number of aliphatic hydroxyl groups is 1. The molecule has 0 radical (unpaired) electrons. The second-order valence-electron chi connectivity index (χ2n) is 10.9. The van der Waals surface area contributed by atoms with Gasteiger partial charge in [-0.2, -0.15) is 4.31 Å². The van der Waals surface area contributed by atoms with Crippen LogP contribution >= 0.6 is 0 Å². The van der Waals surface area contributed by atoms with Crippen molar-refractivity contribution in [2.45, 2.75) is 55.7 Å². The Labute approximate surface area is 239 Å². The van der Waals surface area contributed by atoms with Gasteiger partial charge in [-0.1, -0.05) is 36.4 Å². The van der Waals surface area contributed by atoms with E-state index in [0.29, 0.717) is 44.2 Å². The van der Waals surface area contributed by atoms with Crippen LogP contribution in [0, 0.1) is 11.7 Å². The number of imidazole rings is 1. The van der Waals surface area contributed by atoms with Crippen molar-refractivity contribution < 1.29 is 17.9 Å². The minimum absolute atomic E-state index is 0.152. The zero-order valence-corrected chi connectivity index (χ0v) is 23.5. The highest BCUT2D eigenvalue weighted by molar-refractivity contribution is 7.89. The highest BCUT2D eigenvalue weighted by Gasteiger charge is 2.37. The molecule has 1 saturated carbocycles. The fraction of sp³-hybridized carbons (Fsp3) is 0.355. The summed E-state index contributed by atoms with van der Waals surface area (Å²) < 4.78 is 44.6. The molecule has 2 aromatic carbocycles. The summed E-state index contributed by atoms with van der Waals surface area (Å²) in [6.45, 7) is 1.49. The first-order valence-electron chi connectivity index (χ1n) is 14.1. The summed E-state index contributed by atoms with van der Waals surface area (Å²) >= 11 is 0. The zero-order chi connectivity index (χ0) is 28.4. The van der Waals surface area contributed by atoms with Crippen LogP contribution in [0.2, 0.25) is 0 Å². The molecule has 4 aromatic rings. The number of benzene rings is 2. The van der Waals surface area contributed by atoms with Gasteiger partial charge >= 0.3 is 0 Å². The summed E-state index contributed by atoms with van der Waals surface area (Å²) in [6, 6.07) is 17.4. The van der Waals surface area contributed by atoms with Crippen LogP contribution in [0.1, 0.15) is 42.9 Å². The summed E-state index contributed by atoms with van der Waals surface area (Å²) in [6.07, 6.45) is 8.86. The number of aromatic nitrogens is 3. The third-order valence-electron chi connectivity index (χ3n) is 8.07. The van der Waals surface area contributed by atoms with Crippen LogP contribution in [0.4, 0.5) is 10.2 Å². The number of aliphatic hydroxyl groups excluding tert-OH is 1. The van der Waals surface area contributed by atoms with E-state index in [1.54, 1.807) is 34.9 Å². The number of nitrogens with one attached hydrogen (secondary N) is 1. The lowest BCUT2D eigenvalue weighted by atomic mass is 9.97. The Balaban J connectivity index is 1.21. The SMILES string of the molecule is O=S(=O)(c1ccc(NCC(O)C2CC2)nc1)N1CCCC1c1ccccc1-c1cncn1CCc1ccc(F)cc1. The largest absolute Gasteiger partial charge is 0.391 e. The van der Waals surface area contributed by atoms with E-state index in [1.165, 1.54) is 18.3 Å². The predicted molar refractivity (Wildman–Crippen MR) is 155 cm³/mol. The zero-order valence-electron chi connectivity index (χ0n) is 22.7. The van der Waals surface area contributed by atoms with Crippen molar-refractivity contribution >= 4 is 15.8 Å². The summed E-state index contributed by atoms with van der Waals surface area (Å²) in [4.78, 5) is 8.87. The second kappa shape index (κ2) is 11.7. The molecule has 2 aromatic heterocycles. The lowest BCUT2D eigenvalue weighted by Gasteiger charge is -2.26. The normalized spacial score (nSPS) is 18.4. The van der Waals surface area contributed by atoms with Crippen molar-refractivity contribution in [3.63, 3.8) is 0 Å². The number of pyridine rings is 1. The van der Waals surface area contributed by atoms with E-state index >= 15 is 0 Å². The van der Waals surface area contributed by atoms with Crippen molar-refractivity contribution in [1.82, 2.24) is 18.8 Å². The van der Waals surface area contributed by atoms with E-state index in [4.69, 9.17) is 0 Å². The van der Waals surface area contributed by atoms with Crippen molar-refractivity contribution in [3.8, 4) is 11.3 Å². The average Bonchev–Trinajstić information content (AvgIpc) is 3.53. The Morgan fingerprint density at radius 2 is 1.83 bits per heavy atom. The van der Waals surface area contributed by atoms with E-state index in [1.807, 2.05) is 30.5 Å². The number of hydrogen-bond donors (Lipinski definition) is 2. The minimum atomic E-state index is -3.79. The Morgan fingerprint density at radius 3 is 2.59 bits per heavy atom. The number of anilines is 1. The lowest BCUT2D eigenvalue weighted by molar-refractivity contribution is 0.164. The molecule has 1 saturated heterocycles. The molecule has 8 nitrogen and oxygen atoms in total. The number of nitrogens with zero attached hydrogens (tertiary/aromatic N) is 4. The predicted octanol–water partition coefficient (Wildman–Crippen LogP) is 5.04. The van der Waals surface area contributed by atoms with Crippen LogP contribution < -0.4 is 5.32 Å². The molecule has 2 fully saturated rings. The molecule has 2 unspecified atom stereocenters. The monoisotopic (exact) mass is 575 g/mol. The van der Waals surface area contributed by atoms with Crippen LogP contribution in [0.15, 0.2) is 84.3 Å². The van der Waals surface area contributed by atoms with Crippen LogP contribution in [-0.2, 0) is 23.0 Å². The maximum Gasteiger partial charge on any atom is 0.245 e. The van der Waals surface area contributed by atoms with Crippen LogP contribution in [0.3, 0.4) is 0 Å². The minimum Gasteiger partial charge on any atom is -0.391 e. The smallest absolute Gasteiger partial charge is 0.245 e. The Hall–Kier alpha value is -3.60. The molecule has 2 aliphatic rings. The van der Waals surface area contributed by atoms with Gasteiger partial charge < -0.3 is 15.0 Å². The molecule has 1 aliphatic heterocycles. The van der Waals surface area contributed by atoms with E-state index in [2.05, 4.69) is 19.9 Å². The van der Waals surface area contributed by atoms with Crippen LogP contribution in [0.5, 0.6) is 0 Å². The Kier molecular flexibility index (Phi) is 7.88. The molecule has 0 amide bonds. The third-order valence-corrected chi connectivity index (χ3v) is 9.96. The topological polar surface area (TPSA) is 100 Å². The number of aryl methyl sites for hydroxylation is 2. The first-order chi connectivity index (χ1) is 19.9. The molecule has 3 heterocycles. The van der Waals surface area contributed by atoms with E-state index in [0.717, 1.165) is 41.6 Å². The molecule has 41 heavy (non-hydrogen) atoms. The van der Waals surface area contributed by atoms with Crippen molar-refractivity contribution in [2.24, 2.45) is 5.92 Å². The van der Waals surface area contributed by atoms with Gasteiger partial charge in [-0.25, -0.2) is 22.8 Å². The molecule has 6 rings (SSSR count). The number of sulfonamides is 1. The summed E-state index contributed by atoms with van der Waals surface area (Å²) in [5.74, 6) is 0.639. The van der Waals surface area contributed by atoms with Gasteiger partial charge in [-0.3, -0.25) is 0 Å². The maximum absolute atomic E-state index is 13.8. The highest BCUT2D eigenvalue weighted by Crippen LogP contribution is 2.40. The Bertz CT molecular complexity index is 1590. The average molecular weight is 576 g/mol. The molecule has 214 valence electrons. The fourth-order valence-electron chi connectivity index (χ4n) is 5.61. The molecule has 1 aliphatic carbocycles. The summed E-state index contributed by atoms with van der Waals surface area (Å²) in [7, 11) is -3.79. The first kappa shape index (κ1) is 27.6.